The van der Waals surface area contributed by atoms with Gasteiger partial charge in [-0.1, -0.05) is 12.1 Å². The molecule has 1 aromatic carbocycles. The van der Waals surface area contributed by atoms with Crippen molar-refractivity contribution in [3.8, 4) is 11.1 Å². The summed E-state index contributed by atoms with van der Waals surface area (Å²) >= 11 is 0. The van der Waals surface area contributed by atoms with Crippen LogP contribution < -0.4 is 5.73 Å². The third-order valence-corrected chi connectivity index (χ3v) is 2.32. The lowest BCUT2D eigenvalue weighted by atomic mass is 10.0. The maximum absolute atomic E-state index is 12.8. The van der Waals surface area contributed by atoms with Crippen molar-refractivity contribution in [2.45, 2.75) is 6.18 Å². The number of nitrogen functional groups attached to an aromatic ring is 1. The third kappa shape index (κ3) is 2.38. The summed E-state index contributed by atoms with van der Waals surface area (Å²) in [6, 6.07) is 7.25. The first kappa shape index (κ1) is 11.4. The maximum atomic E-state index is 12.8. The van der Waals surface area contributed by atoms with Gasteiger partial charge in [0.1, 0.15) is 0 Å². The van der Waals surface area contributed by atoms with E-state index in [1.54, 1.807) is 18.2 Å². The number of nitrogens with two attached hydrogens (primary N) is 1. The van der Waals surface area contributed by atoms with Crippen molar-refractivity contribution in [3.63, 3.8) is 0 Å². The number of benzene rings is 1. The fourth-order valence-electron chi connectivity index (χ4n) is 1.58. The number of alkyl halides is 3. The molecule has 0 fully saturated rings. The minimum Gasteiger partial charge on any atom is -0.399 e. The SMILES string of the molecule is Nc1cccc(-c2cnccc2C(F)(F)F)c1. The molecule has 88 valence electrons. The summed E-state index contributed by atoms with van der Waals surface area (Å²) in [5.74, 6) is 0. The van der Waals surface area contributed by atoms with Crippen molar-refractivity contribution in [2.75, 3.05) is 5.73 Å². The Morgan fingerprint density at radius 1 is 1.12 bits per heavy atom. The molecule has 0 aliphatic carbocycles. The molecule has 2 N–H and O–H groups in total. The van der Waals surface area contributed by atoms with Gasteiger partial charge in [-0.15, -0.1) is 0 Å². The summed E-state index contributed by atoms with van der Waals surface area (Å²) < 4.78 is 38.3. The number of hydrogen-bond donors (Lipinski definition) is 1. The second kappa shape index (κ2) is 4.08. The van der Waals surface area contributed by atoms with E-state index in [9.17, 15) is 13.2 Å². The summed E-state index contributed by atoms with van der Waals surface area (Å²) in [5.41, 5.74) is 5.70. The zero-order chi connectivity index (χ0) is 12.5. The topological polar surface area (TPSA) is 38.9 Å². The Balaban J connectivity index is 2.60. The van der Waals surface area contributed by atoms with Gasteiger partial charge < -0.3 is 5.73 Å². The van der Waals surface area contributed by atoms with E-state index in [0.717, 1.165) is 12.3 Å². The first-order valence-corrected chi connectivity index (χ1v) is 4.85. The maximum Gasteiger partial charge on any atom is 0.417 e. The smallest absolute Gasteiger partial charge is 0.399 e. The number of rotatable bonds is 1. The minimum absolute atomic E-state index is 0.0345. The van der Waals surface area contributed by atoms with Crippen LogP contribution in [-0.4, -0.2) is 4.98 Å². The average Bonchev–Trinajstić information content (AvgIpc) is 2.28. The monoisotopic (exact) mass is 238 g/mol. The molecule has 0 aliphatic rings. The van der Waals surface area contributed by atoms with Crippen LogP contribution in [0.4, 0.5) is 18.9 Å². The van der Waals surface area contributed by atoms with Crippen LogP contribution in [0.2, 0.25) is 0 Å². The molecule has 0 atom stereocenters. The van der Waals surface area contributed by atoms with Gasteiger partial charge in [-0.2, -0.15) is 13.2 Å². The van der Waals surface area contributed by atoms with Gasteiger partial charge in [0.2, 0.25) is 0 Å². The van der Waals surface area contributed by atoms with E-state index in [-0.39, 0.29) is 5.56 Å². The van der Waals surface area contributed by atoms with Crippen molar-refractivity contribution >= 4 is 5.69 Å². The number of nitrogens with zero attached hydrogens (tertiary/aromatic N) is 1. The number of aromatic nitrogens is 1. The number of anilines is 1. The Morgan fingerprint density at radius 3 is 2.53 bits per heavy atom. The van der Waals surface area contributed by atoms with E-state index in [2.05, 4.69) is 4.98 Å². The largest absolute Gasteiger partial charge is 0.417 e. The van der Waals surface area contributed by atoms with Gasteiger partial charge >= 0.3 is 6.18 Å². The number of hydrogen-bond acceptors (Lipinski definition) is 2. The highest BCUT2D eigenvalue weighted by Gasteiger charge is 2.33. The molecule has 0 spiro atoms. The second-order valence-electron chi connectivity index (χ2n) is 3.54. The molecule has 2 nitrogen and oxygen atoms in total. The second-order valence-corrected chi connectivity index (χ2v) is 3.54. The van der Waals surface area contributed by atoms with Gasteiger partial charge in [-0.3, -0.25) is 4.98 Å². The normalized spacial score (nSPS) is 11.5. The predicted molar refractivity (Wildman–Crippen MR) is 59.1 cm³/mol. The van der Waals surface area contributed by atoms with Crippen LogP contribution in [0.15, 0.2) is 42.7 Å². The Kier molecular flexibility index (Phi) is 2.75. The van der Waals surface area contributed by atoms with E-state index < -0.39 is 11.7 Å². The standard InChI is InChI=1S/C12H9F3N2/c13-12(14,15)11-4-5-17-7-10(11)8-2-1-3-9(16)6-8/h1-7H,16H2. The fourth-order valence-corrected chi connectivity index (χ4v) is 1.58. The Bertz CT molecular complexity index is 535. The molecule has 0 unspecified atom stereocenters. The van der Waals surface area contributed by atoms with Gasteiger partial charge in [0.15, 0.2) is 0 Å². The molecule has 1 heterocycles. The zero-order valence-electron chi connectivity index (χ0n) is 8.70. The third-order valence-electron chi connectivity index (χ3n) is 2.32. The highest BCUT2D eigenvalue weighted by Crippen LogP contribution is 2.36. The van der Waals surface area contributed by atoms with Crippen LogP contribution in [0.5, 0.6) is 0 Å². The Labute approximate surface area is 95.9 Å². The Hall–Kier alpha value is -2.04. The highest BCUT2D eigenvalue weighted by atomic mass is 19.4. The van der Waals surface area contributed by atoms with Gasteiger partial charge in [-0.05, 0) is 23.8 Å². The molecule has 2 rings (SSSR count). The van der Waals surface area contributed by atoms with Crippen molar-refractivity contribution in [3.05, 3.63) is 48.3 Å². The average molecular weight is 238 g/mol. The summed E-state index contributed by atoms with van der Waals surface area (Å²) in [4.78, 5) is 3.72. The lowest BCUT2D eigenvalue weighted by Gasteiger charge is -2.12. The molecule has 0 aliphatic heterocycles. The summed E-state index contributed by atoms with van der Waals surface area (Å²) in [6.45, 7) is 0. The summed E-state index contributed by atoms with van der Waals surface area (Å²) in [6.07, 6.45) is -2.08. The molecule has 0 saturated carbocycles. The van der Waals surface area contributed by atoms with Crippen LogP contribution in [0.1, 0.15) is 5.56 Å². The fraction of sp³-hybridized carbons (Fsp3) is 0.0833. The van der Waals surface area contributed by atoms with E-state index in [1.807, 2.05) is 0 Å². The first-order chi connectivity index (χ1) is 7.98. The van der Waals surface area contributed by atoms with E-state index >= 15 is 0 Å². The molecule has 0 amide bonds. The predicted octanol–water partition coefficient (Wildman–Crippen LogP) is 3.35. The summed E-state index contributed by atoms with van der Waals surface area (Å²) in [7, 11) is 0. The van der Waals surface area contributed by atoms with Crippen molar-refractivity contribution in [1.29, 1.82) is 0 Å². The lowest BCUT2D eigenvalue weighted by Crippen LogP contribution is -2.07. The van der Waals surface area contributed by atoms with Gasteiger partial charge in [0.25, 0.3) is 0 Å². The number of halogens is 3. The van der Waals surface area contributed by atoms with Crippen LogP contribution in [-0.2, 0) is 6.18 Å². The van der Waals surface area contributed by atoms with Crippen LogP contribution >= 0.6 is 0 Å². The molecule has 2 aromatic rings. The molecular formula is C12H9F3N2. The van der Waals surface area contributed by atoms with E-state index in [4.69, 9.17) is 5.73 Å². The zero-order valence-corrected chi connectivity index (χ0v) is 8.70. The molecule has 5 heteroatoms. The van der Waals surface area contributed by atoms with Crippen molar-refractivity contribution < 1.29 is 13.2 Å². The molecule has 0 saturated heterocycles. The Morgan fingerprint density at radius 2 is 1.88 bits per heavy atom. The lowest BCUT2D eigenvalue weighted by molar-refractivity contribution is -0.137. The molecule has 1 aromatic heterocycles. The van der Waals surface area contributed by atoms with Crippen LogP contribution in [0.25, 0.3) is 11.1 Å². The highest BCUT2D eigenvalue weighted by molar-refractivity contribution is 5.70. The van der Waals surface area contributed by atoms with E-state index in [1.165, 1.54) is 12.3 Å². The minimum atomic E-state index is -4.40. The van der Waals surface area contributed by atoms with Crippen molar-refractivity contribution in [2.24, 2.45) is 0 Å². The molecule has 0 bridgehead atoms. The molecular weight excluding hydrogens is 229 g/mol. The molecule has 0 radical (unpaired) electrons. The molecule has 17 heavy (non-hydrogen) atoms. The van der Waals surface area contributed by atoms with Crippen LogP contribution in [0, 0.1) is 0 Å². The summed E-state index contributed by atoms with van der Waals surface area (Å²) in [5, 5.41) is 0. The van der Waals surface area contributed by atoms with Crippen LogP contribution in [0.3, 0.4) is 0 Å². The van der Waals surface area contributed by atoms with Crippen molar-refractivity contribution in [1.82, 2.24) is 4.98 Å². The quantitative estimate of drug-likeness (QED) is 0.774. The van der Waals surface area contributed by atoms with E-state index in [0.29, 0.717) is 11.3 Å². The first-order valence-electron chi connectivity index (χ1n) is 4.85. The van der Waals surface area contributed by atoms with Gasteiger partial charge in [-0.25, -0.2) is 0 Å². The number of pyridine rings is 1. The van der Waals surface area contributed by atoms with Gasteiger partial charge in [0.05, 0.1) is 5.56 Å². The van der Waals surface area contributed by atoms with Gasteiger partial charge in [0, 0.05) is 23.6 Å².